The molecular formula is C26H28F2N4O3. The van der Waals surface area contributed by atoms with Crippen molar-refractivity contribution in [3.05, 3.63) is 65.4 Å². The summed E-state index contributed by atoms with van der Waals surface area (Å²) >= 11 is 0. The van der Waals surface area contributed by atoms with E-state index in [1.807, 2.05) is 19.1 Å². The van der Waals surface area contributed by atoms with Gasteiger partial charge in [-0.1, -0.05) is 18.2 Å². The van der Waals surface area contributed by atoms with Crippen molar-refractivity contribution in [1.82, 2.24) is 14.6 Å². The number of halogens is 2. The van der Waals surface area contributed by atoms with E-state index in [1.54, 1.807) is 30.0 Å². The smallest absolute Gasteiger partial charge is 0.295 e. The zero-order valence-electron chi connectivity index (χ0n) is 19.7. The fourth-order valence-corrected chi connectivity index (χ4v) is 4.72. The molecule has 1 atom stereocenters. The molecule has 4 aromatic rings. The van der Waals surface area contributed by atoms with Crippen LogP contribution in [-0.2, 0) is 10.7 Å². The van der Waals surface area contributed by atoms with Gasteiger partial charge in [-0.05, 0) is 48.9 Å². The van der Waals surface area contributed by atoms with E-state index in [1.165, 1.54) is 12.1 Å². The molecule has 0 spiro atoms. The van der Waals surface area contributed by atoms with Gasteiger partial charge in [-0.3, -0.25) is 0 Å². The van der Waals surface area contributed by atoms with Crippen LogP contribution in [0, 0.1) is 0 Å². The van der Waals surface area contributed by atoms with Crippen LogP contribution in [0.15, 0.2) is 48.7 Å². The van der Waals surface area contributed by atoms with Gasteiger partial charge >= 0.3 is 0 Å². The molecule has 1 aliphatic rings. The first-order valence-corrected chi connectivity index (χ1v) is 11.7. The van der Waals surface area contributed by atoms with E-state index in [0.717, 1.165) is 35.1 Å². The summed E-state index contributed by atoms with van der Waals surface area (Å²) in [6.07, 6.45) is 3.50. The zero-order chi connectivity index (χ0) is 24.6. The van der Waals surface area contributed by atoms with Crippen LogP contribution >= 0.6 is 0 Å². The molecule has 0 bridgehead atoms. The number of alkyl halides is 2. The number of aliphatic hydroxyl groups excluding tert-OH is 1. The minimum atomic E-state index is -3.30. The van der Waals surface area contributed by atoms with Crippen LogP contribution in [0.1, 0.15) is 48.4 Å². The number of methoxy groups -OCH3 is 1. The molecule has 9 heteroatoms. The fraction of sp³-hybridized carbons (Fsp3) is 0.385. The van der Waals surface area contributed by atoms with Crippen LogP contribution in [0.4, 0.5) is 14.6 Å². The lowest BCUT2D eigenvalue weighted by molar-refractivity contribution is -0.0556. The van der Waals surface area contributed by atoms with Gasteiger partial charge in [-0.25, -0.2) is 9.50 Å². The maximum Gasteiger partial charge on any atom is 0.295 e. The number of anilines is 1. The SMILES string of the molecule is COc1cc2c(cc1C1CCOCC1)c(NC(C)c1cccc(C(F)(F)CO)c1)nc1ccnn12. The third-order valence-electron chi connectivity index (χ3n) is 6.70. The molecule has 1 aliphatic heterocycles. The molecule has 7 nitrogen and oxygen atoms in total. The highest BCUT2D eigenvalue weighted by Gasteiger charge is 2.31. The number of rotatable bonds is 7. The number of nitrogens with zero attached hydrogens (tertiary/aromatic N) is 3. The van der Waals surface area contributed by atoms with Gasteiger partial charge in [0.15, 0.2) is 5.65 Å². The average Bonchev–Trinajstić information content (AvgIpc) is 3.37. The summed E-state index contributed by atoms with van der Waals surface area (Å²) < 4.78 is 41.2. The highest BCUT2D eigenvalue weighted by molar-refractivity contribution is 5.93. The minimum absolute atomic E-state index is 0.221. The minimum Gasteiger partial charge on any atom is -0.496 e. The molecule has 1 unspecified atom stereocenters. The number of hydrogen-bond donors (Lipinski definition) is 2. The van der Waals surface area contributed by atoms with Crippen molar-refractivity contribution < 1.29 is 23.4 Å². The summed E-state index contributed by atoms with van der Waals surface area (Å²) in [4.78, 5) is 4.79. The Hall–Kier alpha value is -3.30. The second-order valence-corrected chi connectivity index (χ2v) is 8.91. The number of nitrogens with one attached hydrogen (secondary N) is 1. The molecule has 5 rings (SSSR count). The monoisotopic (exact) mass is 482 g/mol. The Labute approximate surface area is 201 Å². The third-order valence-corrected chi connectivity index (χ3v) is 6.70. The van der Waals surface area contributed by atoms with Gasteiger partial charge in [0.1, 0.15) is 18.2 Å². The van der Waals surface area contributed by atoms with E-state index in [-0.39, 0.29) is 11.6 Å². The van der Waals surface area contributed by atoms with Crippen LogP contribution in [0.25, 0.3) is 16.6 Å². The van der Waals surface area contributed by atoms with Gasteiger partial charge in [0.05, 0.1) is 18.8 Å². The van der Waals surface area contributed by atoms with E-state index >= 15 is 0 Å². The number of hydrogen-bond acceptors (Lipinski definition) is 6. The first-order chi connectivity index (χ1) is 16.9. The van der Waals surface area contributed by atoms with Gasteiger partial charge in [-0.2, -0.15) is 13.9 Å². The molecule has 184 valence electrons. The molecule has 0 amide bonds. The molecule has 0 saturated carbocycles. The molecule has 0 aliphatic carbocycles. The van der Waals surface area contributed by atoms with Crippen molar-refractivity contribution >= 4 is 22.4 Å². The highest BCUT2D eigenvalue weighted by atomic mass is 19.3. The van der Waals surface area contributed by atoms with Gasteiger partial charge in [0.25, 0.3) is 5.92 Å². The summed E-state index contributed by atoms with van der Waals surface area (Å²) in [5, 5.41) is 17.8. The van der Waals surface area contributed by atoms with Crippen molar-refractivity contribution in [2.75, 3.05) is 32.2 Å². The Balaban J connectivity index is 1.59. The molecule has 2 aromatic heterocycles. The highest BCUT2D eigenvalue weighted by Crippen LogP contribution is 2.39. The van der Waals surface area contributed by atoms with Gasteiger partial charge < -0.3 is 19.9 Å². The first kappa shape index (κ1) is 23.4. The summed E-state index contributed by atoms with van der Waals surface area (Å²) in [6, 6.07) is 11.7. The fourth-order valence-electron chi connectivity index (χ4n) is 4.72. The normalized spacial score (nSPS) is 16.0. The van der Waals surface area contributed by atoms with E-state index in [4.69, 9.17) is 19.6 Å². The Morgan fingerprint density at radius 2 is 2.03 bits per heavy atom. The summed E-state index contributed by atoms with van der Waals surface area (Å²) in [7, 11) is 1.67. The summed E-state index contributed by atoms with van der Waals surface area (Å²) in [6.45, 7) is 2.07. The molecular weight excluding hydrogens is 454 g/mol. The predicted molar refractivity (Wildman–Crippen MR) is 129 cm³/mol. The van der Waals surface area contributed by atoms with Crippen molar-refractivity contribution in [1.29, 1.82) is 0 Å². The first-order valence-electron chi connectivity index (χ1n) is 11.7. The lowest BCUT2D eigenvalue weighted by Crippen LogP contribution is -2.19. The summed E-state index contributed by atoms with van der Waals surface area (Å²) in [5.74, 6) is -1.56. The second-order valence-electron chi connectivity index (χ2n) is 8.91. The standard InChI is InChI=1S/C26H28F2N4O3/c1-16(18-4-3-5-19(12-18)26(27,28)15-33)30-25-21-13-20(17-7-10-35-11-8-17)23(34-2)14-22(21)32-24(31-25)6-9-29-32/h3-6,9,12-14,16-17,33H,7-8,10-11,15H2,1-2H3,(H,30,31). The van der Waals surface area contributed by atoms with Gasteiger partial charge in [0, 0.05) is 42.3 Å². The quantitative estimate of drug-likeness (QED) is 0.384. The number of ether oxygens (including phenoxy) is 2. The molecule has 2 aromatic carbocycles. The van der Waals surface area contributed by atoms with Crippen LogP contribution in [0.2, 0.25) is 0 Å². The van der Waals surface area contributed by atoms with Crippen molar-refractivity contribution in [3.8, 4) is 5.75 Å². The Morgan fingerprint density at radius 1 is 1.23 bits per heavy atom. The summed E-state index contributed by atoms with van der Waals surface area (Å²) in [5.41, 5.74) is 3.03. The second kappa shape index (κ2) is 9.39. The molecule has 2 N–H and O–H groups in total. The molecule has 35 heavy (non-hydrogen) atoms. The Morgan fingerprint density at radius 3 is 2.77 bits per heavy atom. The lowest BCUT2D eigenvalue weighted by Gasteiger charge is -2.25. The average molecular weight is 483 g/mol. The molecule has 3 heterocycles. The molecule has 1 saturated heterocycles. The van der Waals surface area contributed by atoms with E-state index in [9.17, 15) is 8.78 Å². The van der Waals surface area contributed by atoms with Crippen LogP contribution in [-0.4, -0.2) is 46.6 Å². The number of benzene rings is 2. The van der Waals surface area contributed by atoms with Crippen LogP contribution in [0.5, 0.6) is 5.75 Å². The Bertz CT molecular complexity index is 1350. The number of fused-ring (bicyclic) bond motifs is 3. The Kier molecular flexibility index (Phi) is 6.29. The van der Waals surface area contributed by atoms with Gasteiger partial charge in [0.2, 0.25) is 0 Å². The van der Waals surface area contributed by atoms with E-state index in [0.29, 0.717) is 36.2 Å². The third kappa shape index (κ3) is 4.41. The van der Waals surface area contributed by atoms with E-state index in [2.05, 4.69) is 16.5 Å². The predicted octanol–water partition coefficient (Wildman–Crippen LogP) is 5.04. The number of aromatic nitrogens is 3. The zero-order valence-corrected chi connectivity index (χ0v) is 19.7. The number of aliphatic hydroxyl groups is 1. The largest absolute Gasteiger partial charge is 0.496 e. The van der Waals surface area contributed by atoms with Crippen LogP contribution in [0.3, 0.4) is 0 Å². The van der Waals surface area contributed by atoms with E-state index < -0.39 is 12.5 Å². The maximum atomic E-state index is 14.1. The van der Waals surface area contributed by atoms with Crippen LogP contribution < -0.4 is 10.1 Å². The maximum absolute atomic E-state index is 14.1. The van der Waals surface area contributed by atoms with Gasteiger partial charge in [-0.15, -0.1) is 0 Å². The molecule has 0 radical (unpaired) electrons. The van der Waals surface area contributed by atoms with Crippen molar-refractivity contribution in [2.24, 2.45) is 0 Å². The van der Waals surface area contributed by atoms with Crippen molar-refractivity contribution in [2.45, 2.75) is 37.6 Å². The van der Waals surface area contributed by atoms with Crippen molar-refractivity contribution in [3.63, 3.8) is 0 Å². The topological polar surface area (TPSA) is 80.9 Å². The lowest BCUT2D eigenvalue weighted by atomic mass is 9.90. The molecule has 1 fully saturated rings.